The second kappa shape index (κ2) is 7.47. The van der Waals surface area contributed by atoms with Gasteiger partial charge in [-0.15, -0.1) is 0 Å². The minimum atomic E-state index is -0.936. The topological polar surface area (TPSA) is 69.6 Å². The van der Waals surface area contributed by atoms with Gasteiger partial charge in [0.1, 0.15) is 0 Å². The van der Waals surface area contributed by atoms with Crippen LogP contribution in [0.2, 0.25) is 0 Å². The minimum Gasteiger partial charge on any atom is -0.478 e. The van der Waals surface area contributed by atoms with E-state index in [1.54, 1.807) is 24.3 Å². The number of aromatic carboxylic acids is 1. The van der Waals surface area contributed by atoms with Gasteiger partial charge in [-0.25, -0.2) is 9.59 Å². The van der Waals surface area contributed by atoms with Gasteiger partial charge >= 0.3 is 12.0 Å². The number of carboxylic acid groups (broad SMARTS) is 1. The summed E-state index contributed by atoms with van der Waals surface area (Å²) in [6.45, 7) is 2.08. The highest BCUT2D eigenvalue weighted by atomic mass is 32.2. The van der Waals surface area contributed by atoms with Crippen molar-refractivity contribution in [1.82, 2.24) is 10.2 Å². The summed E-state index contributed by atoms with van der Waals surface area (Å²) in [5.74, 6) is 0.0787. The Balaban J connectivity index is 1.53. The summed E-state index contributed by atoms with van der Waals surface area (Å²) in [7, 11) is 0. The van der Waals surface area contributed by atoms with Gasteiger partial charge in [0, 0.05) is 30.1 Å². The smallest absolute Gasteiger partial charge is 0.335 e. The third-order valence-corrected chi connectivity index (χ3v) is 6.48. The van der Waals surface area contributed by atoms with Crippen LogP contribution >= 0.6 is 11.8 Å². The molecule has 0 aromatic heterocycles. The number of hydrogen-bond acceptors (Lipinski definition) is 3. The van der Waals surface area contributed by atoms with Gasteiger partial charge in [-0.2, -0.15) is 11.8 Å². The van der Waals surface area contributed by atoms with Crippen LogP contribution in [0.5, 0.6) is 0 Å². The van der Waals surface area contributed by atoms with Crippen LogP contribution in [0, 0.1) is 0 Å². The monoisotopic (exact) mass is 348 g/mol. The second-order valence-corrected chi connectivity index (χ2v) is 8.24. The SMILES string of the molecule is O=C(O)c1ccc(CNC(=O)N2CCSC3(CCCCC3)C2)cc1. The average molecular weight is 348 g/mol. The van der Waals surface area contributed by atoms with Crippen LogP contribution < -0.4 is 5.32 Å². The fraction of sp³-hybridized carbons (Fsp3) is 0.556. The normalized spacial score (nSPS) is 19.9. The zero-order chi connectivity index (χ0) is 17.0. The maximum Gasteiger partial charge on any atom is 0.335 e. The van der Waals surface area contributed by atoms with Crippen molar-refractivity contribution < 1.29 is 14.7 Å². The molecule has 1 aliphatic heterocycles. The van der Waals surface area contributed by atoms with Gasteiger partial charge < -0.3 is 15.3 Å². The summed E-state index contributed by atoms with van der Waals surface area (Å²) in [6.07, 6.45) is 6.31. The molecular weight excluding hydrogens is 324 g/mol. The largest absolute Gasteiger partial charge is 0.478 e. The Labute approximate surface area is 146 Å². The van der Waals surface area contributed by atoms with E-state index >= 15 is 0 Å². The number of rotatable bonds is 3. The summed E-state index contributed by atoms with van der Waals surface area (Å²) in [5.41, 5.74) is 1.17. The fourth-order valence-electron chi connectivity index (χ4n) is 3.57. The molecule has 1 heterocycles. The Hall–Kier alpha value is -1.69. The maximum atomic E-state index is 12.5. The number of carbonyl (C=O) groups excluding carboxylic acids is 1. The Bertz CT molecular complexity index is 591. The second-order valence-electron chi connectivity index (χ2n) is 6.67. The molecule has 1 aromatic rings. The van der Waals surface area contributed by atoms with Crippen molar-refractivity contribution in [3.63, 3.8) is 0 Å². The molecule has 0 radical (unpaired) electrons. The molecule has 2 fully saturated rings. The van der Waals surface area contributed by atoms with Crippen LogP contribution in [0.4, 0.5) is 4.79 Å². The van der Waals surface area contributed by atoms with E-state index in [1.165, 1.54) is 32.1 Å². The number of thioether (sulfide) groups is 1. The van der Waals surface area contributed by atoms with E-state index < -0.39 is 5.97 Å². The molecule has 0 atom stereocenters. The molecule has 2 N–H and O–H groups in total. The van der Waals surface area contributed by atoms with Gasteiger partial charge in [-0.3, -0.25) is 0 Å². The molecule has 3 rings (SSSR count). The van der Waals surface area contributed by atoms with Crippen LogP contribution in [0.1, 0.15) is 48.0 Å². The van der Waals surface area contributed by atoms with Crippen LogP contribution in [0.25, 0.3) is 0 Å². The van der Waals surface area contributed by atoms with Crippen LogP contribution in [-0.2, 0) is 6.54 Å². The zero-order valence-electron chi connectivity index (χ0n) is 13.8. The highest BCUT2D eigenvalue weighted by Crippen LogP contribution is 2.42. The van der Waals surface area contributed by atoms with Gasteiger partial charge in [0.05, 0.1) is 5.56 Å². The lowest BCUT2D eigenvalue weighted by Crippen LogP contribution is -2.52. The third-order valence-electron chi connectivity index (χ3n) is 4.95. The molecule has 1 aromatic carbocycles. The lowest BCUT2D eigenvalue weighted by Gasteiger charge is -2.44. The summed E-state index contributed by atoms with van der Waals surface area (Å²) >= 11 is 2.05. The van der Waals surface area contributed by atoms with Crippen LogP contribution in [-0.4, -0.2) is 45.6 Å². The first-order valence-electron chi connectivity index (χ1n) is 8.57. The van der Waals surface area contributed by atoms with Crippen molar-refractivity contribution in [1.29, 1.82) is 0 Å². The predicted octanol–water partition coefficient (Wildman–Crippen LogP) is 3.35. The Morgan fingerprint density at radius 1 is 1.17 bits per heavy atom. The van der Waals surface area contributed by atoms with Crippen molar-refractivity contribution in [2.75, 3.05) is 18.8 Å². The molecule has 1 saturated heterocycles. The molecule has 24 heavy (non-hydrogen) atoms. The highest BCUT2D eigenvalue weighted by molar-refractivity contribution is 8.00. The molecule has 0 unspecified atom stereocenters. The van der Waals surface area contributed by atoms with Crippen molar-refractivity contribution in [3.05, 3.63) is 35.4 Å². The van der Waals surface area contributed by atoms with Crippen molar-refractivity contribution >= 4 is 23.8 Å². The number of carboxylic acids is 1. The molecular formula is C18H24N2O3S. The molecule has 130 valence electrons. The first kappa shape index (κ1) is 17.1. The standard InChI is InChI=1S/C18H24N2O3S/c21-16(22)15-6-4-14(5-7-15)12-19-17(23)20-10-11-24-18(13-20)8-2-1-3-9-18/h4-7H,1-3,8-13H2,(H,19,23)(H,21,22). The van der Waals surface area contributed by atoms with E-state index in [4.69, 9.17) is 5.11 Å². The molecule has 0 bridgehead atoms. The van der Waals surface area contributed by atoms with Gasteiger partial charge in [-0.1, -0.05) is 31.4 Å². The number of benzene rings is 1. The van der Waals surface area contributed by atoms with Crippen molar-refractivity contribution in [3.8, 4) is 0 Å². The Kier molecular flexibility index (Phi) is 5.33. The van der Waals surface area contributed by atoms with Crippen molar-refractivity contribution in [2.24, 2.45) is 0 Å². The van der Waals surface area contributed by atoms with Gasteiger partial charge in [0.25, 0.3) is 0 Å². The van der Waals surface area contributed by atoms with E-state index in [0.29, 0.717) is 6.54 Å². The summed E-state index contributed by atoms with van der Waals surface area (Å²) in [5, 5.41) is 11.9. The Morgan fingerprint density at radius 2 is 1.88 bits per heavy atom. The third kappa shape index (κ3) is 4.04. The van der Waals surface area contributed by atoms with Crippen molar-refractivity contribution in [2.45, 2.75) is 43.4 Å². The summed E-state index contributed by atoms with van der Waals surface area (Å²) < 4.78 is 0.275. The fourth-order valence-corrected chi connectivity index (χ4v) is 5.14. The lowest BCUT2D eigenvalue weighted by atomic mass is 9.87. The highest BCUT2D eigenvalue weighted by Gasteiger charge is 2.38. The van der Waals surface area contributed by atoms with E-state index in [1.807, 2.05) is 16.7 Å². The average Bonchev–Trinajstić information content (AvgIpc) is 2.60. The van der Waals surface area contributed by atoms with Crippen LogP contribution in [0.15, 0.2) is 24.3 Å². The first-order chi connectivity index (χ1) is 11.6. The number of nitrogens with zero attached hydrogens (tertiary/aromatic N) is 1. The molecule has 1 aliphatic carbocycles. The number of carbonyl (C=O) groups is 2. The van der Waals surface area contributed by atoms with Gasteiger partial charge in [-0.05, 0) is 30.5 Å². The molecule has 2 aliphatic rings. The molecule has 1 saturated carbocycles. The number of nitrogens with one attached hydrogen (secondary N) is 1. The molecule has 6 heteroatoms. The summed E-state index contributed by atoms with van der Waals surface area (Å²) in [4.78, 5) is 25.3. The predicted molar refractivity (Wildman–Crippen MR) is 95.5 cm³/mol. The number of urea groups is 1. The molecule has 1 spiro atoms. The Morgan fingerprint density at radius 3 is 2.54 bits per heavy atom. The first-order valence-corrected chi connectivity index (χ1v) is 9.56. The molecule has 2 amide bonds. The number of hydrogen-bond donors (Lipinski definition) is 2. The van der Waals surface area contributed by atoms with Crippen LogP contribution in [0.3, 0.4) is 0 Å². The van der Waals surface area contributed by atoms with E-state index in [-0.39, 0.29) is 16.3 Å². The van der Waals surface area contributed by atoms with Gasteiger partial charge in [0.2, 0.25) is 0 Å². The van der Waals surface area contributed by atoms with E-state index in [2.05, 4.69) is 5.32 Å². The summed E-state index contributed by atoms with van der Waals surface area (Å²) in [6, 6.07) is 6.62. The van der Waals surface area contributed by atoms with Gasteiger partial charge in [0.15, 0.2) is 0 Å². The van der Waals surface area contributed by atoms with E-state index in [9.17, 15) is 9.59 Å². The number of amides is 2. The zero-order valence-corrected chi connectivity index (χ0v) is 14.6. The molecule has 5 nitrogen and oxygen atoms in total. The lowest BCUT2D eigenvalue weighted by molar-refractivity contribution is 0.0697. The quantitative estimate of drug-likeness (QED) is 0.879. The maximum absolute atomic E-state index is 12.5. The van der Waals surface area contributed by atoms with E-state index in [0.717, 1.165) is 24.4 Å². The minimum absolute atomic E-state index is 0.0115.